The number of carbonyl (C=O) groups is 1. The van der Waals surface area contributed by atoms with E-state index < -0.39 is 0 Å². The van der Waals surface area contributed by atoms with Crippen molar-refractivity contribution < 1.29 is 4.79 Å². The van der Waals surface area contributed by atoms with Crippen LogP contribution in [0.25, 0.3) is 0 Å². The third-order valence-corrected chi connectivity index (χ3v) is 3.60. The highest BCUT2D eigenvalue weighted by Crippen LogP contribution is 2.20. The molecule has 1 aliphatic rings. The number of likely N-dealkylation sites (tertiary alicyclic amines) is 1. The minimum absolute atomic E-state index is 0.0350. The van der Waals surface area contributed by atoms with E-state index in [1.807, 2.05) is 28.8 Å². The van der Waals surface area contributed by atoms with Gasteiger partial charge in [0.2, 0.25) is 0 Å². The second-order valence-electron chi connectivity index (χ2n) is 5.07. The van der Waals surface area contributed by atoms with Crippen LogP contribution in [0, 0.1) is 6.92 Å². The van der Waals surface area contributed by atoms with Crippen LogP contribution >= 0.6 is 0 Å². The van der Waals surface area contributed by atoms with Crippen LogP contribution in [0.4, 0.5) is 0 Å². The molecule has 1 amide bonds. The van der Waals surface area contributed by atoms with Gasteiger partial charge >= 0.3 is 0 Å². The van der Waals surface area contributed by atoms with Gasteiger partial charge in [0.05, 0.1) is 24.5 Å². The Morgan fingerprint density at radius 3 is 3.00 bits per heavy atom. The van der Waals surface area contributed by atoms with Crippen molar-refractivity contribution in [3.63, 3.8) is 0 Å². The van der Waals surface area contributed by atoms with Crippen LogP contribution in [-0.4, -0.2) is 43.1 Å². The van der Waals surface area contributed by atoms with Crippen molar-refractivity contribution in [3.05, 3.63) is 42.2 Å². The Morgan fingerprint density at radius 2 is 2.30 bits per heavy atom. The first-order chi connectivity index (χ1) is 9.74. The van der Waals surface area contributed by atoms with Gasteiger partial charge in [0, 0.05) is 25.1 Å². The highest BCUT2D eigenvalue weighted by molar-refractivity contribution is 5.92. The number of nitrogens with zero attached hydrogens (tertiary/aromatic N) is 5. The molecule has 0 aromatic carbocycles. The van der Waals surface area contributed by atoms with Gasteiger partial charge in [-0.25, -0.2) is 4.98 Å². The zero-order chi connectivity index (χ0) is 13.9. The normalized spacial score (nSPS) is 18.4. The van der Waals surface area contributed by atoms with E-state index in [0.29, 0.717) is 5.69 Å². The Morgan fingerprint density at radius 1 is 1.40 bits per heavy atom. The topological polar surface area (TPSA) is 63.9 Å². The summed E-state index contributed by atoms with van der Waals surface area (Å²) in [6, 6.07) is 2.08. The average molecular weight is 271 g/mol. The lowest BCUT2D eigenvalue weighted by molar-refractivity contribution is 0.0715. The molecule has 0 saturated carbocycles. The standard InChI is InChI=1S/C14H17N5O/c1-11-8-16-13(9-15-11)14(20)19-7-2-4-12(19)10-18-6-3-5-17-18/h3,5-6,8-9,12H,2,4,7,10H2,1H3. The van der Waals surface area contributed by atoms with E-state index in [-0.39, 0.29) is 11.9 Å². The van der Waals surface area contributed by atoms with E-state index in [0.717, 1.165) is 31.6 Å². The third-order valence-electron chi connectivity index (χ3n) is 3.60. The molecule has 0 bridgehead atoms. The zero-order valence-corrected chi connectivity index (χ0v) is 11.4. The van der Waals surface area contributed by atoms with Crippen molar-refractivity contribution in [1.29, 1.82) is 0 Å². The van der Waals surface area contributed by atoms with Gasteiger partial charge < -0.3 is 4.90 Å². The molecule has 2 aromatic heterocycles. The Balaban J connectivity index is 1.74. The first kappa shape index (κ1) is 12.8. The molecule has 1 atom stereocenters. The lowest BCUT2D eigenvalue weighted by Crippen LogP contribution is -2.38. The van der Waals surface area contributed by atoms with Crippen LogP contribution in [0.3, 0.4) is 0 Å². The Labute approximate surface area is 117 Å². The van der Waals surface area contributed by atoms with E-state index in [1.165, 1.54) is 0 Å². The van der Waals surface area contributed by atoms with Crippen molar-refractivity contribution in [1.82, 2.24) is 24.6 Å². The van der Waals surface area contributed by atoms with Gasteiger partial charge in [-0.15, -0.1) is 0 Å². The second-order valence-corrected chi connectivity index (χ2v) is 5.07. The molecule has 20 heavy (non-hydrogen) atoms. The molecule has 1 fully saturated rings. The Kier molecular flexibility index (Phi) is 3.45. The van der Waals surface area contributed by atoms with Gasteiger partial charge in [-0.1, -0.05) is 0 Å². The minimum Gasteiger partial charge on any atom is -0.332 e. The Hall–Kier alpha value is -2.24. The highest BCUT2D eigenvalue weighted by atomic mass is 16.2. The molecule has 0 N–H and O–H groups in total. The lowest BCUT2D eigenvalue weighted by atomic mass is 10.2. The number of hydrogen-bond acceptors (Lipinski definition) is 4. The first-order valence-corrected chi connectivity index (χ1v) is 6.81. The van der Waals surface area contributed by atoms with Crippen molar-refractivity contribution >= 4 is 5.91 Å². The number of amides is 1. The predicted octanol–water partition coefficient (Wildman–Crippen LogP) is 1.29. The number of aryl methyl sites for hydroxylation is 1. The molecule has 6 heteroatoms. The van der Waals surface area contributed by atoms with Crippen LogP contribution < -0.4 is 0 Å². The molecule has 1 unspecified atom stereocenters. The van der Waals surface area contributed by atoms with Crippen molar-refractivity contribution in [2.45, 2.75) is 32.4 Å². The maximum atomic E-state index is 12.5. The monoisotopic (exact) mass is 271 g/mol. The molecule has 6 nitrogen and oxygen atoms in total. The number of carbonyl (C=O) groups excluding carboxylic acids is 1. The van der Waals surface area contributed by atoms with Crippen molar-refractivity contribution in [3.8, 4) is 0 Å². The number of aromatic nitrogens is 4. The van der Waals surface area contributed by atoms with Crippen LogP contribution in [0.2, 0.25) is 0 Å². The fourth-order valence-electron chi connectivity index (χ4n) is 2.57. The summed E-state index contributed by atoms with van der Waals surface area (Å²) in [7, 11) is 0. The molecule has 3 rings (SSSR count). The second kappa shape index (κ2) is 5.40. The summed E-state index contributed by atoms with van der Waals surface area (Å²) in [4.78, 5) is 22.7. The summed E-state index contributed by atoms with van der Waals surface area (Å²) in [5, 5.41) is 4.21. The van der Waals surface area contributed by atoms with Gasteiger partial charge in [-0.3, -0.25) is 14.5 Å². The van der Waals surface area contributed by atoms with Crippen LogP contribution in [-0.2, 0) is 6.54 Å². The largest absolute Gasteiger partial charge is 0.332 e. The van der Waals surface area contributed by atoms with E-state index in [4.69, 9.17) is 0 Å². The lowest BCUT2D eigenvalue weighted by Gasteiger charge is -2.24. The van der Waals surface area contributed by atoms with E-state index in [9.17, 15) is 4.79 Å². The number of rotatable bonds is 3. The average Bonchev–Trinajstić information content (AvgIpc) is 3.11. The highest BCUT2D eigenvalue weighted by Gasteiger charge is 2.30. The maximum absolute atomic E-state index is 12.5. The van der Waals surface area contributed by atoms with Crippen LogP contribution in [0.1, 0.15) is 29.0 Å². The maximum Gasteiger partial charge on any atom is 0.274 e. The molecule has 104 valence electrons. The summed E-state index contributed by atoms with van der Waals surface area (Å²) < 4.78 is 1.87. The van der Waals surface area contributed by atoms with Gasteiger partial charge in [0.1, 0.15) is 5.69 Å². The van der Waals surface area contributed by atoms with Gasteiger partial charge in [0.15, 0.2) is 0 Å². The molecule has 3 heterocycles. The predicted molar refractivity (Wildman–Crippen MR) is 73.1 cm³/mol. The summed E-state index contributed by atoms with van der Waals surface area (Å²) in [6.45, 7) is 3.37. The minimum atomic E-state index is -0.0350. The smallest absolute Gasteiger partial charge is 0.274 e. The summed E-state index contributed by atoms with van der Waals surface area (Å²) in [6.07, 6.45) is 8.90. The summed E-state index contributed by atoms with van der Waals surface area (Å²) >= 11 is 0. The fraction of sp³-hybridized carbons (Fsp3) is 0.429. The van der Waals surface area contributed by atoms with Gasteiger partial charge in [0.25, 0.3) is 5.91 Å². The van der Waals surface area contributed by atoms with Crippen LogP contribution in [0.5, 0.6) is 0 Å². The summed E-state index contributed by atoms with van der Waals surface area (Å²) in [5.74, 6) is -0.0350. The summed E-state index contributed by atoms with van der Waals surface area (Å²) in [5.41, 5.74) is 1.24. The van der Waals surface area contributed by atoms with Crippen LogP contribution in [0.15, 0.2) is 30.9 Å². The fourth-order valence-corrected chi connectivity index (χ4v) is 2.57. The quantitative estimate of drug-likeness (QED) is 0.843. The zero-order valence-electron chi connectivity index (χ0n) is 11.4. The SMILES string of the molecule is Cc1cnc(C(=O)N2CCCC2Cn2cccn2)cn1. The molecule has 1 saturated heterocycles. The van der Waals surface area contributed by atoms with E-state index in [1.54, 1.807) is 18.6 Å². The molecule has 2 aromatic rings. The number of hydrogen-bond donors (Lipinski definition) is 0. The van der Waals surface area contributed by atoms with Gasteiger partial charge in [-0.05, 0) is 25.8 Å². The first-order valence-electron chi connectivity index (χ1n) is 6.81. The van der Waals surface area contributed by atoms with Crippen molar-refractivity contribution in [2.75, 3.05) is 6.54 Å². The van der Waals surface area contributed by atoms with Gasteiger partial charge in [-0.2, -0.15) is 5.10 Å². The van der Waals surface area contributed by atoms with E-state index in [2.05, 4.69) is 15.1 Å². The molecular formula is C14H17N5O. The Bertz CT molecular complexity index is 578. The molecule has 0 spiro atoms. The molecule has 0 aliphatic carbocycles. The van der Waals surface area contributed by atoms with E-state index >= 15 is 0 Å². The molecular weight excluding hydrogens is 254 g/mol. The third kappa shape index (κ3) is 2.54. The van der Waals surface area contributed by atoms with Crippen molar-refractivity contribution in [2.24, 2.45) is 0 Å². The molecule has 1 aliphatic heterocycles. The molecule has 0 radical (unpaired) electrons.